The highest BCUT2D eigenvalue weighted by Gasteiger charge is 2.61. The molecule has 2 aliphatic heterocycles. The highest BCUT2D eigenvalue weighted by Crippen LogP contribution is 2.64. The lowest BCUT2D eigenvalue weighted by molar-refractivity contribution is -0.0557. The molecule has 140 valence electrons. The molecule has 3 heterocycles. The summed E-state index contributed by atoms with van der Waals surface area (Å²) in [4.78, 5) is 25.9. The largest absolute Gasteiger partial charge is 0.497 e. The van der Waals surface area contributed by atoms with Gasteiger partial charge in [0.2, 0.25) is 0 Å². The van der Waals surface area contributed by atoms with Crippen LogP contribution in [0.5, 0.6) is 5.75 Å². The maximum absolute atomic E-state index is 13.0. The van der Waals surface area contributed by atoms with Gasteiger partial charge in [-0.3, -0.25) is 0 Å². The number of hydrogen-bond donors (Lipinski definition) is 0. The van der Waals surface area contributed by atoms with Gasteiger partial charge in [0, 0.05) is 0 Å². The number of methoxy groups -OCH3 is 1. The van der Waals surface area contributed by atoms with E-state index in [1.165, 1.54) is 15.6 Å². The molecule has 1 aliphatic carbocycles. The lowest BCUT2D eigenvalue weighted by Crippen LogP contribution is -2.32. The third-order valence-electron chi connectivity index (χ3n) is 5.88. The van der Waals surface area contributed by atoms with Crippen LogP contribution in [-0.4, -0.2) is 27.4 Å². The van der Waals surface area contributed by atoms with Gasteiger partial charge >= 0.3 is 11.4 Å². The predicted molar refractivity (Wildman–Crippen MR) is 100 cm³/mol. The van der Waals surface area contributed by atoms with Crippen molar-refractivity contribution in [2.24, 2.45) is 5.10 Å². The summed E-state index contributed by atoms with van der Waals surface area (Å²) in [7, 11) is 1.59. The van der Waals surface area contributed by atoms with Crippen LogP contribution in [0.1, 0.15) is 41.0 Å². The average molecular weight is 376 g/mol. The minimum Gasteiger partial charge on any atom is -0.497 e. The number of hydrogen-bond acceptors (Lipinski definition) is 5. The van der Waals surface area contributed by atoms with Crippen molar-refractivity contribution in [2.75, 3.05) is 7.11 Å². The first kappa shape index (κ1) is 15.6. The summed E-state index contributed by atoms with van der Waals surface area (Å²) < 4.78 is 15.0. The van der Waals surface area contributed by atoms with Gasteiger partial charge in [-0.05, 0) is 41.0 Å². The smallest absolute Gasteiger partial charge is 0.370 e. The number of benzene rings is 2. The van der Waals surface area contributed by atoms with Crippen molar-refractivity contribution in [3.63, 3.8) is 0 Å². The quantitative estimate of drug-likeness (QED) is 0.651. The lowest BCUT2D eigenvalue weighted by atomic mass is 9.98. The second kappa shape index (κ2) is 5.32. The zero-order valence-electron chi connectivity index (χ0n) is 14.9. The molecule has 6 rings (SSSR count). The van der Waals surface area contributed by atoms with Crippen molar-refractivity contribution in [3.8, 4) is 5.75 Å². The molecule has 8 nitrogen and oxygen atoms in total. The summed E-state index contributed by atoms with van der Waals surface area (Å²) in [5, 5.41) is 4.14. The van der Waals surface area contributed by atoms with Gasteiger partial charge in [0.1, 0.15) is 11.9 Å². The molecule has 2 aromatic carbocycles. The first-order valence-electron chi connectivity index (χ1n) is 9.08. The van der Waals surface area contributed by atoms with Gasteiger partial charge in [-0.2, -0.15) is 9.78 Å². The Kier molecular flexibility index (Phi) is 2.98. The van der Waals surface area contributed by atoms with Crippen LogP contribution in [0.3, 0.4) is 0 Å². The van der Waals surface area contributed by atoms with E-state index < -0.39 is 17.6 Å². The van der Waals surface area contributed by atoms with E-state index in [4.69, 9.17) is 9.47 Å². The maximum atomic E-state index is 13.0. The standard InChI is InChI=1S/C20H16N4O4/c1-27-12-8-6-11(7-9-12)10-21-22-19(25)23-16-15-13-4-2-3-5-14(13)17(16)28-18(15)24(23)20(22)26/h2-10,15-18H,1H3/t15-,16+,17-,18-/m0/s1. The first-order chi connectivity index (χ1) is 13.7. The van der Waals surface area contributed by atoms with Crippen LogP contribution < -0.4 is 16.1 Å². The average Bonchev–Trinajstić information content (AvgIpc) is 3.43. The van der Waals surface area contributed by atoms with Crippen LogP contribution in [0.25, 0.3) is 0 Å². The Balaban J connectivity index is 1.41. The summed E-state index contributed by atoms with van der Waals surface area (Å²) in [6, 6.07) is 15.0. The van der Waals surface area contributed by atoms with E-state index in [2.05, 4.69) is 11.2 Å². The van der Waals surface area contributed by atoms with Crippen molar-refractivity contribution in [1.82, 2.24) is 14.0 Å². The molecule has 0 spiro atoms. The molecule has 0 unspecified atom stereocenters. The number of rotatable bonds is 3. The Bertz CT molecular complexity index is 1250. The maximum Gasteiger partial charge on any atom is 0.370 e. The normalized spacial score (nSPS) is 26.0. The molecule has 0 saturated carbocycles. The molecule has 1 aromatic heterocycles. The fraction of sp³-hybridized carbons (Fsp3) is 0.250. The molecule has 0 amide bonds. The third kappa shape index (κ3) is 1.80. The Labute approximate surface area is 158 Å². The van der Waals surface area contributed by atoms with E-state index in [9.17, 15) is 9.59 Å². The first-order valence-corrected chi connectivity index (χ1v) is 9.08. The molecule has 1 fully saturated rings. The molecule has 0 radical (unpaired) electrons. The zero-order valence-corrected chi connectivity index (χ0v) is 14.9. The van der Waals surface area contributed by atoms with Crippen LogP contribution in [0.15, 0.2) is 63.2 Å². The van der Waals surface area contributed by atoms with Gasteiger partial charge in [0.25, 0.3) is 0 Å². The fourth-order valence-electron chi connectivity index (χ4n) is 4.71. The Morgan fingerprint density at radius 3 is 2.46 bits per heavy atom. The SMILES string of the molecule is COc1ccc(C=Nn2c(=O)n3n(c2=O)[C@H]2O[C@H]4c5ccccc5[C@H]2[C@H]43)cc1. The second-order valence-electron chi connectivity index (χ2n) is 7.18. The summed E-state index contributed by atoms with van der Waals surface area (Å²) in [5.74, 6) is 0.725. The van der Waals surface area contributed by atoms with Crippen LogP contribution >= 0.6 is 0 Å². The van der Waals surface area contributed by atoms with E-state index in [-0.39, 0.29) is 18.1 Å². The van der Waals surface area contributed by atoms with Crippen LogP contribution in [0.2, 0.25) is 0 Å². The monoisotopic (exact) mass is 376 g/mol. The van der Waals surface area contributed by atoms with Gasteiger partial charge in [-0.1, -0.05) is 24.3 Å². The Hall–Kier alpha value is -3.39. The number of nitrogens with zero attached hydrogens (tertiary/aromatic N) is 4. The van der Waals surface area contributed by atoms with Crippen molar-refractivity contribution in [1.29, 1.82) is 0 Å². The highest BCUT2D eigenvalue weighted by atomic mass is 16.5. The minimum atomic E-state index is -0.481. The number of ether oxygens (including phenoxy) is 2. The molecule has 28 heavy (non-hydrogen) atoms. The molecular formula is C20H16N4O4. The molecule has 0 N–H and O–H groups in total. The third-order valence-corrected chi connectivity index (χ3v) is 5.88. The lowest BCUT2D eigenvalue weighted by Gasteiger charge is -2.26. The molecule has 1 saturated heterocycles. The Morgan fingerprint density at radius 1 is 1.00 bits per heavy atom. The summed E-state index contributed by atoms with van der Waals surface area (Å²) in [5.41, 5.74) is 2.11. The topological polar surface area (TPSA) is 79.8 Å². The van der Waals surface area contributed by atoms with Crippen molar-refractivity contribution in [2.45, 2.75) is 24.3 Å². The number of aromatic nitrogens is 3. The van der Waals surface area contributed by atoms with Gasteiger partial charge in [-0.25, -0.2) is 14.3 Å². The predicted octanol–water partition coefficient (Wildman–Crippen LogP) is 1.62. The molecule has 3 aliphatic rings. The van der Waals surface area contributed by atoms with Crippen LogP contribution in [0.4, 0.5) is 0 Å². The molecule has 8 heteroatoms. The van der Waals surface area contributed by atoms with Gasteiger partial charge in [0.05, 0.1) is 25.3 Å². The summed E-state index contributed by atoms with van der Waals surface area (Å²) in [6.45, 7) is 0. The van der Waals surface area contributed by atoms with Crippen molar-refractivity contribution in [3.05, 3.63) is 86.2 Å². The molecule has 4 atom stereocenters. The molecule has 4 bridgehead atoms. The van der Waals surface area contributed by atoms with E-state index in [1.54, 1.807) is 31.4 Å². The van der Waals surface area contributed by atoms with Crippen molar-refractivity contribution < 1.29 is 9.47 Å². The van der Waals surface area contributed by atoms with Crippen molar-refractivity contribution >= 4 is 6.21 Å². The number of fused-ring (bicyclic) bond motifs is 4. The fourth-order valence-corrected chi connectivity index (χ4v) is 4.71. The van der Waals surface area contributed by atoms with Crippen LogP contribution in [0, 0.1) is 0 Å². The molecule has 3 aromatic rings. The second-order valence-corrected chi connectivity index (χ2v) is 7.18. The van der Waals surface area contributed by atoms with Gasteiger partial charge < -0.3 is 9.47 Å². The van der Waals surface area contributed by atoms with E-state index in [0.29, 0.717) is 0 Å². The Morgan fingerprint density at radius 2 is 1.71 bits per heavy atom. The van der Waals surface area contributed by atoms with E-state index >= 15 is 0 Å². The summed E-state index contributed by atoms with van der Waals surface area (Å²) in [6.07, 6.45) is 0.845. The van der Waals surface area contributed by atoms with Gasteiger partial charge in [-0.15, -0.1) is 4.68 Å². The molecular weight excluding hydrogens is 360 g/mol. The summed E-state index contributed by atoms with van der Waals surface area (Å²) >= 11 is 0. The van der Waals surface area contributed by atoms with E-state index in [0.717, 1.165) is 27.1 Å². The highest BCUT2D eigenvalue weighted by molar-refractivity contribution is 5.79. The van der Waals surface area contributed by atoms with Crippen LogP contribution in [-0.2, 0) is 4.74 Å². The van der Waals surface area contributed by atoms with E-state index in [1.807, 2.05) is 18.2 Å². The van der Waals surface area contributed by atoms with Gasteiger partial charge in [0.15, 0.2) is 6.23 Å². The minimum absolute atomic E-state index is 0.00168. The zero-order chi connectivity index (χ0) is 19.0.